The lowest BCUT2D eigenvalue weighted by Gasteiger charge is -2.21. The van der Waals surface area contributed by atoms with Gasteiger partial charge < -0.3 is 24.4 Å². The van der Waals surface area contributed by atoms with E-state index in [0.29, 0.717) is 32.3 Å². The Labute approximate surface area is 174 Å². The van der Waals surface area contributed by atoms with E-state index in [4.69, 9.17) is 19.2 Å². The average molecular weight is 477 g/mol. The van der Waals surface area contributed by atoms with Crippen molar-refractivity contribution in [1.82, 2.24) is 10.2 Å². The summed E-state index contributed by atoms with van der Waals surface area (Å²) < 4.78 is 16.4. The average Bonchev–Trinajstić information content (AvgIpc) is 3.11. The lowest BCUT2D eigenvalue weighted by atomic mass is 10.1. The van der Waals surface area contributed by atoms with Gasteiger partial charge in [-0.15, -0.1) is 24.0 Å². The molecule has 1 aromatic carbocycles. The van der Waals surface area contributed by atoms with E-state index in [9.17, 15) is 0 Å². The highest BCUT2D eigenvalue weighted by atomic mass is 127. The van der Waals surface area contributed by atoms with Gasteiger partial charge in [0.05, 0.1) is 26.4 Å². The number of nitrogens with zero attached hydrogens (tertiary/aromatic N) is 2. The molecule has 2 rings (SSSR count). The Balaban J connectivity index is 0.00000338. The van der Waals surface area contributed by atoms with Crippen molar-refractivity contribution in [3.8, 4) is 5.75 Å². The van der Waals surface area contributed by atoms with Crippen LogP contribution in [0.15, 0.2) is 35.3 Å². The van der Waals surface area contributed by atoms with E-state index in [1.54, 1.807) is 7.11 Å². The molecule has 1 aromatic rings. The largest absolute Gasteiger partial charge is 0.492 e. The molecule has 1 N–H and O–H groups in total. The van der Waals surface area contributed by atoms with Crippen LogP contribution in [0, 0.1) is 5.92 Å². The lowest BCUT2D eigenvalue weighted by molar-refractivity contribution is 0.0536. The molecular weight excluding hydrogens is 445 g/mol. The van der Waals surface area contributed by atoms with E-state index in [-0.39, 0.29) is 24.0 Å². The van der Waals surface area contributed by atoms with Gasteiger partial charge in [-0.2, -0.15) is 0 Å². The third-order valence-electron chi connectivity index (χ3n) is 4.07. The summed E-state index contributed by atoms with van der Waals surface area (Å²) in [7, 11) is 1.70. The van der Waals surface area contributed by atoms with E-state index in [2.05, 4.69) is 17.1 Å². The fourth-order valence-corrected chi connectivity index (χ4v) is 2.81. The van der Waals surface area contributed by atoms with Gasteiger partial charge in [-0.3, -0.25) is 0 Å². The van der Waals surface area contributed by atoms with Crippen molar-refractivity contribution in [3.63, 3.8) is 0 Å². The first-order valence-corrected chi connectivity index (χ1v) is 9.11. The number of hydrogen-bond acceptors (Lipinski definition) is 4. The fourth-order valence-electron chi connectivity index (χ4n) is 2.81. The van der Waals surface area contributed by atoms with E-state index < -0.39 is 0 Å². The van der Waals surface area contributed by atoms with Crippen LogP contribution < -0.4 is 10.1 Å². The van der Waals surface area contributed by atoms with Gasteiger partial charge in [0.1, 0.15) is 12.4 Å². The Kier molecular flexibility index (Phi) is 12.4. The van der Waals surface area contributed by atoms with Gasteiger partial charge in [0.15, 0.2) is 5.96 Å². The second-order valence-corrected chi connectivity index (χ2v) is 6.07. The van der Waals surface area contributed by atoms with Crippen molar-refractivity contribution >= 4 is 29.9 Å². The highest BCUT2D eigenvalue weighted by Crippen LogP contribution is 2.16. The van der Waals surface area contributed by atoms with E-state index >= 15 is 0 Å². The molecule has 1 aliphatic heterocycles. The van der Waals surface area contributed by atoms with Crippen LogP contribution in [-0.4, -0.2) is 70.6 Å². The monoisotopic (exact) mass is 477 g/mol. The first-order chi connectivity index (χ1) is 12.3. The molecule has 0 saturated carbocycles. The predicted molar refractivity (Wildman–Crippen MR) is 116 cm³/mol. The number of guanidine groups is 1. The Morgan fingerprint density at radius 3 is 2.77 bits per heavy atom. The Morgan fingerprint density at radius 2 is 2.04 bits per heavy atom. The molecule has 1 heterocycles. The molecule has 1 atom stereocenters. The molecule has 0 radical (unpaired) electrons. The number of rotatable bonds is 10. The summed E-state index contributed by atoms with van der Waals surface area (Å²) in [6.07, 6.45) is 1.14. The molecule has 0 spiro atoms. The summed E-state index contributed by atoms with van der Waals surface area (Å²) in [6, 6.07) is 9.85. The number of likely N-dealkylation sites (tertiary alicyclic amines) is 1. The molecule has 6 nitrogen and oxygen atoms in total. The van der Waals surface area contributed by atoms with Gasteiger partial charge >= 0.3 is 0 Å². The standard InChI is InChI=1S/C19H31N3O3.HI/c1-3-20-19(21-10-12-25-18-7-5-4-6-8-18)22-11-9-17(15-22)16-24-14-13-23-2;/h4-8,17H,3,9-16H2,1-2H3,(H,20,21);1H. The number of methoxy groups -OCH3 is 1. The van der Waals surface area contributed by atoms with Gasteiger partial charge in [-0.1, -0.05) is 18.2 Å². The molecule has 0 aliphatic carbocycles. The minimum atomic E-state index is 0. The Morgan fingerprint density at radius 1 is 1.23 bits per heavy atom. The summed E-state index contributed by atoms with van der Waals surface area (Å²) >= 11 is 0. The van der Waals surface area contributed by atoms with Crippen molar-refractivity contribution in [2.24, 2.45) is 10.9 Å². The third-order valence-corrected chi connectivity index (χ3v) is 4.07. The summed E-state index contributed by atoms with van der Waals surface area (Å²) in [6.45, 7) is 8.29. The molecule has 7 heteroatoms. The highest BCUT2D eigenvalue weighted by molar-refractivity contribution is 14.0. The predicted octanol–water partition coefficient (Wildman–Crippen LogP) is 2.63. The minimum Gasteiger partial charge on any atom is -0.492 e. The number of aliphatic imine (C=N–C) groups is 1. The maximum atomic E-state index is 5.71. The van der Waals surface area contributed by atoms with Gasteiger partial charge in [-0.05, 0) is 25.5 Å². The van der Waals surface area contributed by atoms with Crippen molar-refractivity contribution in [3.05, 3.63) is 30.3 Å². The van der Waals surface area contributed by atoms with Crippen LogP contribution in [-0.2, 0) is 9.47 Å². The lowest BCUT2D eigenvalue weighted by Crippen LogP contribution is -2.40. The third kappa shape index (κ3) is 8.55. The van der Waals surface area contributed by atoms with Crippen molar-refractivity contribution < 1.29 is 14.2 Å². The molecule has 1 saturated heterocycles. The Bertz CT molecular complexity index is 502. The van der Waals surface area contributed by atoms with Gasteiger partial charge in [0, 0.05) is 32.7 Å². The van der Waals surface area contributed by atoms with E-state index in [0.717, 1.165) is 44.4 Å². The number of benzene rings is 1. The van der Waals surface area contributed by atoms with Gasteiger partial charge in [0.2, 0.25) is 0 Å². The minimum absolute atomic E-state index is 0. The Hall–Kier alpha value is -1.06. The zero-order chi connectivity index (χ0) is 17.7. The van der Waals surface area contributed by atoms with Crippen molar-refractivity contribution in [2.45, 2.75) is 13.3 Å². The summed E-state index contributed by atoms with van der Waals surface area (Å²) in [5.74, 6) is 2.41. The molecule has 26 heavy (non-hydrogen) atoms. The van der Waals surface area contributed by atoms with Crippen LogP contribution in [0.5, 0.6) is 5.75 Å². The second kappa shape index (κ2) is 14.1. The quantitative estimate of drug-likeness (QED) is 0.243. The maximum absolute atomic E-state index is 5.71. The van der Waals surface area contributed by atoms with Crippen LogP contribution in [0.3, 0.4) is 0 Å². The zero-order valence-corrected chi connectivity index (χ0v) is 18.2. The fraction of sp³-hybridized carbons (Fsp3) is 0.632. The molecule has 148 valence electrons. The first kappa shape index (κ1) is 23.0. The van der Waals surface area contributed by atoms with Crippen LogP contribution in [0.2, 0.25) is 0 Å². The SMILES string of the molecule is CCNC(=NCCOc1ccccc1)N1CCC(COCCOC)C1.I. The molecule has 1 aliphatic rings. The highest BCUT2D eigenvalue weighted by Gasteiger charge is 2.24. The molecule has 1 unspecified atom stereocenters. The van der Waals surface area contributed by atoms with E-state index in [1.165, 1.54) is 0 Å². The second-order valence-electron chi connectivity index (χ2n) is 6.07. The van der Waals surface area contributed by atoms with E-state index in [1.807, 2.05) is 30.3 Å². The number of ether oxygens (including phenoxy) is 3. The first-order valence-electron chi connectivity index (χ1n) is 9.11. The number of halogens is 1. The smallest absolute Gasteiger partial charge is 0.194 e. The molecule has 0 amide bonds. The van der Waals surface area contributed by atoms with Crippen LogP contribution in [0.1, 0.15) is 13.3 Å². The molecule has 0 aromatic heterocycles. The summed E-state index contributed by atoms with van der Waals surface area (Å²) in [5, 5.41) is 3.38. The number of nitrogens with one attached hydrogen (secondary N) is 1. The normalized spacial score (nSPS) is 17.1. The topological polar surface area (TPSA) is 55.3 Å². The maximum Gasteiger partial charge on any atom is 0.194 e. The van der Waals surface area contributed by atoms with Crippen molar-refractivity contribution in [1.29, 1.82) is 0 Å². The summed E-state index contributed by atoms with van der Waals surface area (Å²) in [5.41, 5.74) is 0. The van der Waals surface area contributed by atoms with Gasteiger partial charge in [-0.25, -0.2) is 4.99 Å². The van der Waals surface area contributed by atoms with Crippen molar-refractivity contribution in [2.75, 3.05) is 59.7 Å². The number of hydrogen-bond donors (Lipinski definition) is 1. The van der Waals surface area contributed by atoms with Crippen LogP contribution in [0.25, 0.3) is 0 Å². The molecule has 0 bridgehead atoms. The number of para-hydroxylation sites is 1. The van der Waals surface area contributed by atoms with Crippen LogP contribution >= 0.6 is 24.0 Å². The molecule has 1 fully saturated rings. The molecular formula is C19H32IN3O3. The van der Waals surface area contributed by atoms with Crippen LogP contribution in [0.4, 0.5) is 0 Å². The zero-order valence-electron chi connectivity index (χ0n) is 15.9. The summed E-state index contributed by atoms with van der Waals surface area (Å²) in [4.78, 5) is 7.02. The van der Waals surface area contributed by atoms with Gasteiger partial charge in [0.25, 0.3) is 0 Å².